The average molecular weight is 291 g/mol. The Morgan fingerprint density at radius 2 is 2.24 bits per heavy atom. The zero-order valence-corrected chi connectivity index (χ0v) is 12.0. The van der Waals surface area contributed by atoms with Gasteiger partial charge in [-0.15, -0.1) is 0 Å². The summed E-state index contributed by atoms with van der Waals surface area (Å²) in [6, 6.07) is 6.35. The Hall–Kier alpha value is -2.28. The first-order chi connectivity index (χ1) is 9.93. The number of carbonyl (C=O) groups excluding carboxylic acids is 1. The second-order valence-electron chi connectivity index (χ2n) is 5.36. The van der Waals surface area contributed by atoms with E-state index in [9.17, 15) is 14.9 Å². The second-order valence-corrected chi connectivity index (χ2v) is 5.36. The van der Waals surface area contributed by atoms with Crippen LogP contribution in [-0.4, -0.2) is 49.4 Å². The summed E-state index contributed by atoms with van der Waals surface area (Å²) in [5, 5.41) is 10.9. The van der Waals surface area contributed by atoms with Gasteiger partial charge in [-0.3, -0.25) is 14.9 Å². The minimum Gasteiger partial charge on any atom is -0.379 e. The number of rotatable bonds is 5. The molecular weight excluding hydrogens is 274 g/mol. The van der Waals surface area contributed by atoms with Crippen LogP contribution in [0.2, 0.25) is 0 Å². The smallest absolute Gasteiger partial charge is 0.269 e. The van der Waals surface area contributed by atoms with Gasteiger partial charge >= 0.3 is 0 Å². The summed E-state index contributed by atoms with van der Waals surface area (Å²) >= 11 is 0. The van der Waals surface area contributed by atoms with Crippen LogP contribution in [-0.2, 0) is 14.9 Å². The van der Waals surface area contributed by atoms with Crippen LogP contribution in [0, 0.1) is 10.1 Å². The van der Waals surface area contributed by atoms with E-state index in [0.29, 0.717) is 13.2 Å². The van der Waals surface area contributed by atoms with Crippen molar-refractivity contribution in [3.05, 3.63) is 39.9 Å². The number of nitro benzene ring substituents is 1. The number of amides is 1. The molecule has 7 heteroatoms. The molecule has 7 nitrogen and oxygen atoms in total. The summed E-state index contributed by atoms with van der Waals surface area (Å²) in [7, 11) is 3.55. The molecule has 0 aliphatic carbocycles. The maximum atomic E-state index is 11.9. The predicted octanol–water partition coefficient (Wildman–Crippen LogP) is 1.37. The van der Waals surface area contributed by atoms with Gasteiger partial charge in [-0.05, 0) is 5.56 Å². The molecule has 0 radical (unpaired) electrons. The van der Waals surface area contributed by atoms with Gasteiger partial charge in [0.05, 0.1) is 29.9 Å². The molecule has 2 rings (SSSR count). The van der Waals surface area contributed by atoms with Crippen LogP contribution in [0.5, 0.6) is 0 Å². The lowest BCUT2D eigenvalue weighted by atomic mass is 9.75. The molecule has 0 atom stereocenters. The molecule has 21 heavy (non-hydrogen) atoms. The van der Waals surface area contributed by atoms with Crippen molar-refractivity contribution in [1.82, 2.24) is 4.90 Å². The van der Waals surface area contributed by atoms with Crippen LogP contribution >= 0.6 is 0 Å². The van der Waals surface area contributed by atoms with Crippen molar-refractivity contribution in [2.24, 2.45) is 4.99 Å². The standard InChI is InChI=1S/C14H17N3O4/c1-16(2)10-15-13(18)7-14(8-21-9-14)11-4-3-5-12(6-11)17(19)20/h3-6,10H,7-9H2,1-2H3. The van der Waals surface area contributed by atoms with E-state index in [1.807, 2.05) is 0 Å². The normalized spacial score (nSPS) is 16.5. The number of carbonyl (C=O) groups is 1. The first-order valence-corrected chi connectivity index (χ1v) is 6.49. The summed E-state index contributed by atoms with van der Waals surface area (Å²) in [5.41, 5.74) is 0.256. The molecule has 0 N–H and O–H groups in total. The number of ether oxygens (including phenoxy) is 1. The Morgan fingerprint density at radius 1 is 1.52 bits per heavy atom. The number of hydrogen-bond acceptors (Lipinski definition) is 4. The highest BCUT2D eigenvalue weighted by Crippen LogP contribution is 2.37. The molecule has 1 saturated heterocycles. The van der Waals surface area contributed by atoms with Gasteiger partial charge in [-0.1, -0.05) is 12.1 Å². The predicted molar refractivity (Wildman–Crippen MR) is 77.4 cm³/mol. The molecule has 112 valence electrons. The Balaban J connectivity index is 2.20. The van der Waals surface area contributed by atoms with Crippen molar-refractivity contribution in [3.63, 3.8) is 0 Å². The molecule has 1 amide bonds. The van der Waals surface area contributed by atoms with Crippen LogP contribution in [0.4, 0.5) is 5.69 Å². The van der Waals surface area contributed by atoms with Crippen LogP contribution in [0.1, 0.15) is 12.0 Å². The zero-order chi connectivity index (χ0) is 15.5. The van der Waals surface area contributed by atoms with E-state index in [2.05, 4.69) is 4.99 Å². The van der Waals surface area contributed by atoms with Gasteiger partial charge in [-0.25, -0.2) is 4.99 Å². The molecule has 0 saturated carbocycles. The fraction of sp³-hybridized carbons (Fsp3) is 0.429. The van der Waals surface area contributed by atoms with E-state index in [1.165, 1.54) is 18.5 Å². The molecule has 1 fully saturated rings. The van der Waals surface area contributed by atoms with Crippen molar-refractivity contribution in [2.45, 2.75) is 11.8 Å². The van der Waals surface area contributed by atoms with Crippen LogP contribution in [0.3, 0.4) is 0 Å². The van der Waals surface area contributed by atoms with E-state index in [0.717, 1.165) is 5.56 Å². The van der Waals surface area contributed by atoms with Gasteiger partial charge in [0.1, 0.15) is 0 Å². The fourth-order valence-corrected chi connectivity index (χ4v) is 2.18. The third kappa shape index (κ3) is 3.43. The first kappa shape index (κ1) is 15.1. The largest absolute Gasteiger partial charge is 0.379 e. The summed E-state index contributed by atoms with van der Waals surface area (Å²) in [6.45, 7) is 0.745. The highest BCUT2D eigenvalue weighted by molar-refractivity contribution is 5.85. The van der Waals surface area contributed by atoms with Gasteiger partial charge in [0.25, 0.3) is 5.69 Å². The molecule has 1 aromatic rings. The van der Waals surface area contributed by atoms with E-state index in [-0.39, 0.29) is 18.0 Å². The number of non-ortho nitro benzene ring substituents is 1. The summed E-state index contributed by atoms with van der Waals surface area (Å²) in [6.07, 6.45) is 1.63. The molecule has 0 bridgehead atoms. The van der Waals surface area contributed by atoms with Crippen molar-refractivity contribution in [3.8, 4) is 0 Å². The van der Waals surface area contributed by atoms with Crippen molar-refractivity contribution >= 4 is 17.9 Å². The number of aliphatic imine (C=N–C) groups is 1. The summed E-state index contributed by atoms with van der Waals surface area (Å²) in [4.78, 5) is 27.9. The van der Waals surface area contributed by atoms with Crippen LogP contribution in [0.15, 0.2) is 29.3 Å². The van der Waals surface area contributed by atoms with Crippen molar-refractivity contribution in [1.29, 1.82) is 0 Å². The van der Waals surface area contributed by atoms with Crippen LogP contribution in [0.25, 0.3) is 0 Å². The van der Waals surface area contributed by atoms with E-state index in [1.54, 1.807) is 31.1 Å². The molecule has 0 unspecified atom stereocenters. The highest BCUT2D eigenvalue weighted by atomic mass is 16.6. The number of hydrogen-bond donors (Lipinski definition) is 0. The maximum Gasteiger partial charge on any atom is 0.269 e. The Morgan fingerprint density at radius 3 is 2.76 bits per heavy atom. The van der Waals surface area contributed by atoms with Crippen molar-refractivity contribution < 1.29 is 14.5 Å². The van der Waals surface area contributed by atoms with Crippen LogP contribution < -0.4 is 0 Å². The zero-order valence-electron chi connectivity index (χ0n) is 12.0. The molecule has 1 aliphatic rings. The Kier molecular flexibility index (Phi) is 4.32. The van der Waals surface area contributed by atoms with Crippen molar-refractivity contribution in [2.75, 3.05) is 27.3 Å². The lowest BCUT2D eigenvalue weighted by Gasteiger charge is -2.41. The maximum absolute atomic E-state index is 11.9. The van der Waals surface area contributed by atoms with Gasteiger partial charge in [0.2, 0.25) is 5.91 Å². The molecule has 0 spiro atoms. The Bertz CT molecular complexity index is 579. The second kappa shape index (κ2) is 6.01. The van der Waals surface area contributed by atoms with Gasteiger partial charge in [0, 0.05) is 32.6 Å². The summed E-state index contributed by atoms with van der Waals surface area (Å²) in [5.74, 6) is -0.265. The molecular formula is C14H17N3O4. The average Bonchev–Trinajstić information content (AvgIpc) is 2.40. The molecule has 1 heterocycles. The number of nitro groups is 1. The topological polar surface area (TPSA) is 85.0 Å². The van der Waals surface area contributed by atoms with Gasteiger partial charge in [-0.2, -0.15) is 0 Å². The van der Waals surface area contributed by atoms with E-state index < -0.39 is 10.3 Å². The number of benzene rings is 1. The Labute approximate surface area is 122 Å². The third-order valence-corrected chi connectivity index (χ3v) is 3.35. The van der Waals surface area contributed by atoms with E-state index >= 15 is 0 Å². The molecule has 1 aliphatic heterocycles. The first-order valence-electron chi connectivity index (χ1n) is 6.49. The molecule has 0 aromatic heterocycles. The highest BCUT2D eigenvalue weighted by Gasteiger charge is 2.42. The minimum atomic E-state index is -0.507. The minimum absolute atomic E-state index is 0.0167. The van der Waals surface area contributed by atoms with Gasteiger partial charge in [0.15, 0.2) is 0 Å². The summed E-state index contributed by atoms with van der Waals surface area (Å²) < 4.78 is 5.24. The van der Waals surface area contributed by atoms with Gasteiger partial charge < -0.3 is 9.64 Å². The number of nitrogens with zero attached hydrogens (tertiary/aromatic N) is 3. The monoisotopic (exact) mass is 291 g/mol. The van der Waals surface area contributed by atoms with E-state index in [4.69, 9.17) is 4.74 Å². The lowest BCUT2D eigenvalue weighted by Crippen LogP contribution is -2.48. The molecule has 1 aromatic carbocycles. The fourth-order valence-electron chi connectivity index (χ4n) is 2.18. The quantitative estimate of drug-likeness (QED) is 0.354. The SMILES string of the molecule is CN(C)C=NC(=O)CC1(c2cccc([N+](=O)[O-])c2)COC1. The third-order valence-electron chi connectivity index (χ3n) is 3.35. The lowest BCUT2D eigenvalue weighted by molar-refractivity contribution is -0.385.